The number of aliphatic hydroxyl groups excluding tert-OH is 1. The molecular weight excluding hydrogens is 335 g/mol. The number of pyridine rings is 1. The smallest absolute Gasteiger partial charge is 0.394 e. The van der Waals surface area contributed by atoms with Crippen LogP contribution in [-0.4, -0.2) is 61.3 Å². The molecule has 0 fully saturated rings. The number of aliphatic imine (C=N–C) groups is 2. The summed E-state index contributed by atoms with van der Waals surface area (Å²) in [6, 6.07) is 3.99. The third-order valence-corrected chi connectivity index (χ3v) is 2.88. The highest BCUT2D eigenvalue weighted by Gasteiger charge is 2.32. The van der Waals surface area contributed by atoms with Crippen molar-refractivity contribution in [2.45, 2.75) is 25.6 Å². The van der Waals surface area contributed by atoms with E-state index in [9.17, 15) is 13.2 Å². The third kappa shape index (κ3) is 11.4. The van der Waals surface area contributed by atoms with Crippen LogP contribution in [0.3, 0.4) is 0 Å². The van der Waals surface area contributed by atoms with Gasteiger partial charge in [0.05, 0.1) is 25.2 Å². The molecule has 0 aliphatic heterocycles. The van der Waals surface area contributed by atoms with Crippen LogP contribution in [0.15, 0.2) is 28.3 Å². The maximum atomic E-state index is 12.1. The van der Waals surface area contributed by atoms with Crippen molar-refractivity contribution in [1.82, 2.24) is 9.88 Å². The van der Waals surface area contributed by atoms with Crippen molar-refractivity contribution < 1.29 is 18.3 Å². The predicted molar refractivity (Wildman–Crippen MR) is 91.7 cm³/mol. The van der Waals surface area contributed by atoms with E-state index in [0.717, 1.165) is 38.3 Å². The molecule has 1 unspecified atom stereocenters. The molecule has 25 heavy (non-hydrogen) atoms. The highest BCUT2D eigenvalue weighted by Crippen LogP contribution is 2.27. The molecule has 1 aromatic heterocycles. The maximum Gasteiger partial charge on any atom is 0.433 e. The number of halogens is 3. The van der Waals surface area contributed by atoms with Crippen molar-refractivity contribution >= 4 is 6.01 Å². The van der Waals surface area contributed by atoms with Gasteiger partial charge < -0.3 is 15.7 Å². The van der Waals surface area contributed by atoms with Crippen molar-refractivity contribution in [3.8, 4) is 0 Å². The van der Waals surface area contributed by atoms with Gasteiger partial charge in [0, 0.05) is 12.7 Å². The normalized spacial score (nSPS) is 12.0. The zero-order valence-corrected chi connectivity index (χ0v) is 14.8. The van der Waals surface area contributed by atoms with E-state index in [0.29, 0.717) is 5.56 Å². The Kier molecular flexibility index (Phi) is 11.6. The molecule has 0 amide bonds. The van der Waals surface area contributed by atoms with Gasteiger partial charge in [0.25, 0.3) is 0 Å². The number of hydrogen-bond acceptors (Lipinski definition) is 6. The molecule has 1 aromatic rings. The fraction of sp³-hybridized carbons (Fsp3) is 0.625. The van der Waals surface area contributed by atoms with Crippen LogP contribution in [0.25, 0.3) is 0 Å². The SMILES string of the molecule is CCN=C=NCCCN(C)C.NC(CO)c1ccc(C(F)(F)F)nc1. The highest BCUT2D eigenvalue weighted by atomic mass is 19.4. The summed E-state index contributed by atoms with van der Waals surface area (Å²) in [7, 11) is 4.12. The van der Waals surface area contributed by atoms with E-state index in [-0.39, 0.29) is 6.61 Å². The molecule has 0 saturated heterocycles. The number of nitrogens with two attached hydrogens (primary N) is 1. The first-order valence-electron chi connectivity index (χ1n) is 7.84. The lowest BCUT2D eigenvalue weighted by Gasteiger charge is -2.09. The Morgan fingerprint density at radius 1 is 1.32 bits per heavy atom. The van der Waals surface area contributed by atoms with Crippen LogP contribution in [0.4, 0.5) is 13.2 Å². The quantitative estimate of drug-likeness (QED) is 0.576. The van der Waals surface area contributed by atoms with Gasteiger partial charge in [-0.2, -0.15) is 13.2 Å². The van der Waals surface area contributed by atoms with Gasteiger partial charge in [-0.3, -0.25) is 4.98 Å². The van der Waals surface area contributed by atoms with Crippen molar-refractivity contribution in [1.29, 1.82) is 0 Å². The van der Waals surface area contributed by atoms with Gasteiger partial charge in [-0.1, -0.05) is 6.07 Å². The largest absolute Gasteiger partial charge is 0.433 e. The van der Waals surface area contributed by atoms with Crippen LogP contribution >= 0.6 is 0 Å². The molecule has 0 aromatic carbocycles. The van der Waals surface area contributed by atoms with Gasteiger partial charge in [0.1, 0.15) is 5.69 Å². The molecule has 1 heterocycles. The second kappa shape index (κ2) is 12.5. The summed E-state index contributed by atoms with van der Waals surface area (Å²) >= 11 is 0. The molecule has 0 bridgehead atoms. The number of nitrogens with zero attached hydrogens (tertiary/aromatic N) is 4. The Morgan fingerprint density at radius 3 is 2.44 bits per heavy atom. The average Bonchev–Trinajstić information content (AvgIpc) is 2.57. The zero-order valence-electron chi connectivity index (χ0n) is 14.8. The summed E-state index contributed by atoms with van der Waals surface area (Å²) in [5.41, 5.74) is 4.79. The lowest BCUT2D eigenvalue weighted by molar-refractivity contribution is -0.141. The summed E-state index contributed by atoms with van der Waals surface area (Å²) in [6.45, 7) is 4.34. The second-order valence-corrected chi connectivity index (χ2v) is 5.38. The Bertz CT molecular complexity index is 526. The topological polar surface area (TPSA) is 87.1 Å². The van der Waals surface area contributed by atoms with Crippen LogP contribution in [0.2, 0.25) is 0 Å². The molecule has 0 aliphatic rings. The lowest BCUT2D eigenvalue weighted by atomic mass is 10.1. The van der Waals surface area contributed by atoms with E-state index in [1.807, 2.05) is 6.92 Å². The van der Waals surface area contributed by atoms with Gasteiger partial charge in [0.15, 0.2) is 0 Å². The molecular formula is C16H26F3N5O. The molecule has 0 aliphatic carbocycles. The van der Waals surface area contributed by atoms with E-state index in [1.54, 1.807) is 0 Å². The van der Waals surface area contributed by atoms with E-state index in [4.69, 9.17) is 10.8 Å². The number of alkyl halides is 3. The van der Waals surface area contributed by atoms with Crippen molar-refractivity contribution in [3.63, 3.8) is 0 Å². The van der Waals surface area contributed by atoms with Crippen molar-refractivity contribution in [3.05, 3.63) is 29.6 Å². The molecule has 0 radical (unpaired) electrons. The van der Waals surface area contributed by atoms with Gasteiger partial charge in [-0.25, -0.2) is 9.98 Å². The summed E-state index contributed by atoms with van der Waals surface area (Å²) in [4.78, 5) is 13.2. The molecule has 3 N–H and O–H groups in total. The number of aromatic nitrogens is 1. The zero-order chi connectivity index (χ0) is 19.3. The molecule has 9 heteroatoms. The summed E-state index contributed by atoms with van der Waals surface area (Å²) in [5.74, 6) is 0. The lowest BCUT2D eigenvalue weighted by Crippen LogP contribution is -2.16. The first-order chi connectivity index (χ1) is 11.7. The first kappa shape index (κ1) is 23.2. The third-order valence-electron chi connectivity index (χ3n) is 2.88. The minimum absolute atomic E-state index is 0.326. The molecule has 6 nitrogen and oxygen atoms in total. The van der Waals surface area contributed by atoms with E-state index in [2.05, 4.69) is 40.0 Å². The molecule has 1 rings (SSSR count). The Balaban J connectivity index is 0.000000477. The first-order valence-corrected chi connectivity index (χ1v) is 7.84. The predicted octanol–water partition coefficient (Wildman–Crippen LogP) is 2.22. The summed E-state index contributed by atoms with van der Waals surface area (Å²) in [6.07, 6.45) is -2.34. The van der Waals surface area contributed by atoms with Gasteiger partial charge in [-0.05, 0) is 45.6 Å². The average molecular weight is 361 g/mol. The fourth-order valence-electron chi connectivity index (χ4n) is 1.53. The minimum Gasteiger partial charge on any atom is -0.394 e. The summed E-state index contributed by atoms with van der Waals surface area (Å²) < 4.78 is 36.2. The van der Waals surface area contributed by atoms with Gasteiger partial charge >= 0.3 is 6.18 Å². The maximum absolute atomic E-state index is 12.1. The van der Waals surface area contributed by atoms with E-state index >= 15 is 0 Å². The standard InChI is InChI=1S/C8H9F3N2O.C8H17N3/c9-8(10,11)7-2-1-5(3-13-7)6(12)4-14;1-4-9-8-10-6-5-7-11(2)3/h1-3,6,14H,4,12H2;4-7H2,1-3H3. The Hall–Kier alpha value is -1.80. The van der Waals surface area contributed by atoms with Crippen LogP contribution < -0.4 is 5.73 Å². The fourth-order valence-corrected chi connectivity index (χ4v) is 1.53. The minimum atomic E-state index is -4.44. The molecule has 0 spiro atoms. The Labute approximate surface area is 146 Å². The number of hydrogen-bond donors (Lipinski definition) is 2. The van der Waals surface area contributed by atoms with E-state index < -0.39 is 17.9 Å². The Morgan fingerprint density at radius 2 is 2.00 bits per heavy atom. The van der Waals surface area contributed by atoms with Crippen LogP contribution in [0, 0.1) is 0 Å². The summed E-state index contributed by atoms with van der Waals surface area (Å²) in [5, 5.41) is 8.64. The number of rotatable bonds is 7. The molecule has 142 valence electrons. The van der Waals surface area contributed by atoms with Crippen LogP contribution in [-0.2, 0) is 6.18 Å². The second-order valence-electron chi connectivity index (χ2n) is 5.38. The van der Waals surface area contributed by atoms with Crippen molar-refractivity contribution in [2.75, 3.05) is 40.3 Å². The van der Waals surface area contributed by atoms with Gasteiger partial charge in [0.2, 0.25) is 0 Å². The monoisotopic (exact) mass is 361 g/mol. The van der Waals surface area contributed by atoms with Crippen LogP contribution in [0.5, 0.6) is 0 Å². The number of aliphatic hydroxyl groups is 1. The van der Waals surface area contributed by atoms with Crippen LogP contribution in [0.1, 0.15) is 30.6 Å². The highest BCUT2D eigenvalue weighted by molar-refractivity contribution is 5.40. The van der Waals surface area contributed by atoms with Gasteiger partial charge in [-0.15, -0.1) is 0 Å². The van der Waals surface area contributed by atoms with Crippen molar-refractivity contribution in [2.24, 2.45) is 15.7 Å². The molecule has 0 saturated carbocycles. The molecule has 1 atom stereocenters. The van der Waals surface area contributed by atoms with E-state index in [1.165, 1.54) is 6.07 Å².